The summed E-state index contributed by atoms with van der Waals surface area (Å²) in [5.41, 5.74) is 0. The Balaban J connectivity index is 4.44. The molecule has 0 unspecified atom stereocenters. The minimum atomic E-state index is -5.54. The number of alkyl halides is 7. The van der Waals surface area contributed by atoms with Crippen LogP contribution >= 0.6 is 0 Å². The molecule has 0 aromatic heterocycles. The highest BCUT2D eigenvalue weighted by atomic mass is 19.4. The molecule has 0 N–H and O–H groups in total. The third-order valence-electron chi connectivity index (χ3n) is 0.844. The van der Waals surface area contributed by atoms with Crippen molar-refractivity contribution in [1.82, 2.24) is 0 Å². The van der Waals surface area contributed by atoms with Gasteiger partial charge in [-0.15, -0.1) is 0 Å². The molecular formula is C5H2F8O. The van der Waals surface area contributed by atoms with Crippen LogP contribution < -0.4 is 0 Å². The minimum absolute atomic E-state index is 1.11. The Morgan fingerprint density at radius 2 is 1.50 bits per heavy atom. The summed E-state index contributed by atoms with van der Waals surface area (Å²) in [5.74, 6) is -3.03. The van der Waals surface area contributed by atoms with E-state index in [4.69, 9.17) is 0 Å². The van der Waals surface area contributed by atoms with E-state index in [-0.39, 0.29) is 0 Å². The Morgan fingerprint density at radius 1 is 1.07 bits per heavy atom. The van der Waals surface area contributed by atoms with Gasteiger partial charge in [-0.2, -0.15) is 35.1 Å². The first-order valence-corrected chi connectivity index (χ1v) is 2.84. The summed E-state index contributed by atoms with van der Waals surface area (Å²) in [5, 5.41) is 0. The second kappa shape index (κ2) is 4.01. The summed E-state index contributed by atoms with van der Waals surface area (Å²) in [7, 11) is 0. The molecule has 0 saturated carbocycles. The number of hydrogen-bond acceptors (Lipinski definition) is 1. The molecule has 0 aromatic carbocycles. The number of rotatable bonds is 3. The molecule has 0 rings (SSSR count). The molecule has 0 aliphatic rings. The molecule has 0 saturated heterocycles. The predicted octanol–water partition coefficient (Wildman–Crippen LogP) is 3.23. The third-order valence-corrected chi connectivity index (χ3v) is 0.844. The van der Waals surface area contributed by atoms with Gasteiger partial charge in [-0.1, -0.05) is 0 Å². The first-order valence-electron chi connectivity index (χ1n) is 2.84. The molecule has 0 radical (unpaired) electrons. The zero-order valence-electron chi connectivity index (χ0n) is 6.09. The second-order valence-corrected chi connectivity index (χ2v) is 1.94. The van der Waals surface area contributed by atoms with Gasteiger partial charge in [0.05, 0.1) is 0 Å². The fourth-order valence-electron chi connectivity index (χ4n) is 0.249. The average molecular weight is 230 g/mol. The van der Waals surface area contributed by atoms with Crippen LogP contribution in [0.15, 0.2) is 12.1 Å². The fourth-order valence-corrected chi connectivity index (χ4v) is 0.249. The van der Waals surface area contributed by atoms with Gasteiger partial charge in [-0.05, 0) is 0 Å². The number of ether oxygens (including phenoxy) is 1. The Bertz CT molecular complexity index is 216. The summed E-state index contributed by atoms with van der Waals surface area (Å²) in [6.07, 6.45) is -16.1. The van der Waals surface area contributed by atoms with Crippen molar-refractivity contribution in [3.05, 3.63) is 12.1 Å². The number of halogens is 8. The zero-order chi connectivity index (χ0) is 11.6. The first-order chi connectivity index (χ1) is 6.07. The smallest absolute Gasteiger partial charge is 0.433 e. The maximum absolute atomic E-state index is 11.7. The summed E-state index contributed by atoms with van der Waals surface area (Å²) >= 11 is 0. The van der Waals surface area contributed by atoms with Gasteiger partial charge in [0.2, 0.25) is 5.83 Å². The maximum Gasteiger partial charge on any atom is 0.460 e. The van der Waals surface area contributed by atoms with Crippen molar-refractivity contribution in [3.8, 4) is 0 Å². The molecule has 0 amide bonds. The largest absolute Gasteiger partial charge is 0.460 e. The summed E-state index contributed by atoms with van der Waals surface area (Å²) in [6.45, 7) is 0. The third kappa shape index (κ3) is 3.79. The van der Waals surface area contributed by atoms with E-state index in [2.05, 4.69) is 4.74 Å². The normalized spacial score (nSPS) is 14.8. The molecule has 0 fully saturated rings. The van der Waals surface area contributed by atoms with Crippen LogP contribution in [0.2, 0.25) is 0 Å². The molecule has 0 aliphatic carbocycles. The molecule has 0 aliphatic heterocycles. The van der Waals surface area contributed by atoms with Gasteiger partial charge >= 0.3 is 18.7 Å². The molecule has 84 valence electrons. The van der Waals surface area contributed by atoms with Gasteiger partial charge in [0, 0.05) is 0 Å². The van der Waals surface area contributed by atoms with E-state index in [1.54, 1.807) is 0 Å². The van der Waals surface area contributed by atoms with E-state index in [1.165, 1.54) is 0 Å². The van der Waals surface area contributed by atoms with Crippen LogP contribution in [0.5, 0.6) is 0 Å². The molecule has 9 heteroatoms. The van der Waals surface area contributed by atoms with Crippen molar-refractivity contribution >= 4 is 0 Å². The molecule has 0 atom stereocenters. The lowest BCUT2D eigenvalue weighted by Gasteiger charge is -2.13. The molecule has 0 spiro atoms. The molecule has 0 aromatic rings. The minimum Gasteiger partial charge on any atom is -0.433 e. The van der Waals surface area contributed by atoms with Crippen LogP contribution in [-0.2, 0) is 4.74 Å². The van der Waals surface area contributed by atoms with Crippen LogP contribution in [0, 0.1) is 0 Å². The lowest BCUT2D eigenvalue weighted by Crippen LogP contribution is -2.28. The quantitative estimate of drug-likeness (QED) is 0.534. The molecule has 1 nitrogen and oxygen atoms in total. The predicted molar refractivity (Wildman–Crippen MR) is 27.3 cm³/mol. The summed E-state index contributed by atoms with van der Waals surface area (Å²) < 4.78 is 94.2. The average Bonchev–Trinajstić information content (AvgIpc) is 1.98. The lowest BCUT2D eigenvalue weighted by atomic mass is 10.5. The van der Waals surface area contributed by atoms with Crippen molar-refractivity contribution < 1.29 is 39.9 Å². The van der Waals surface area contributed by atoms with Crippen molar-refractivity contribution in [3.63, 3.8) is 0 Å². The molecule has 0 heterocycles. The zero-order valence-corrected chi connectivity index (χ0v) is 6.09. The van der Waals surface area contributed by atoms with Crippen LogP contribution in [0.3, 0.4) is 0 Å². The van der Waals surface area contributed by atoms with Gasteiger partial charge in [0.15, 0.2) is 0 Å². The van der Waals surface area contributed by atoms with Gasteiger partial charge in [0.25, 0.3) is 0 Å². The van der Waals surface area contributed by atoms with E-state index in [1.807, 2.05) is 0 Å². The summed E-state index contributed by atoms with van der Waals surface area (Å²) in [4.78, 5) is 0. The topological polar surface area (TPSA) is 9.23 Å². The Morgan fingerprint density at radius 3 is 1.79 bits per heavy atom. The second-order valence-electron chi connectivity index (χ2n) is 1.94. The van der Waals surface area contributed by atoms with Crippen LogP contribution in [0.25, 0.3) is 0 Å². The Kier molecular flexibility index (Phi) is 3.72. The first kappa shape index (κ1) is 13.0. The monoisotopic (exact) mass is 230 g/mol. The van der Waals surface area contributed by atoms with Gasteiger partial charge < -0.3 is 4.74 Å². The highest BCUT2D eigenvalue weighted by Crippen LogP contribution is 2.30. The van der Waals surface area contributed by atoms with E-state index < -0.39 is 30.8 Å². The Hall–Kier alpha value is -1.02. The van der Waals surface area contributed by atoms with Crippen molar-refractivity contribution in [2.45, 2.75) is 18.7 Å². The number of hydrogen-bond donors (Lipinski definition) is 0. The van der Waals surface area contributed by atoms with Crippen molar-refractivity contribution in [1.29, 1.82) is 0 Å². The maximum atomic E-state index is 11.7. The van der Waals surface area contributed by atoms with E-state index in [0.29, 0.717) is 0 Å². The molecule has 0 bridgehead atoms. The van der Waals surface area contributed by atoms with Crippen molar-refractivity contribution in [2.24, 2.45) is 0 Å². The Labute approximate surface area is 71.9 Å². The highest BCUT2D eigenvalue weighted by Gasteiger charge is 2.44. The summed E-state index contributed by atoms with van der Waals surface area (Å²) in [6, 6.07) is 0. The van der Waals surface area contributed by atoms with Crippen LogP contribution in [-0.4, -0.2) is 18.7 Å². The standard InChI is InChI=1S/C5H2F8O/c6-2(4(9,10)11)1-14-5(12,13)3(7)8/h1,3H. The van der Waals surface area contributed by atoms with Crippen LogP contribution in [0.1, 0.15) is 0 Å². The highest BCUT2D eigenvalue weighted by molar-refractivity contribution is 4.94. The van der Waals surface area contributed by atoms with Gasteiger partial charge in [0.1, 0.15) is 6.26 Å². The van der Waals surface area contributed by atoms with Gasteiger partial charge in [-0.3, -0.25) is 0 Å². The fraction of sp³-hybridized carbons (Fsp3) is 0.600. The molecule has 14 heavy (non-hydrogen) atoms. The molecular weight excluding hydrogens is 228 g/mol. The van der Waals surface area contributed by atoms with Crippen molar-refractivity contribution in [2.75, 3.05) is 0 Å². The van der Waals surface area contributed by atoms with E-state index >= 15 is 0 Å². The van der Waals surface area contributed by atoms with Gasteiger partial charge in [-0.25, -0.2) is 0 Å². The van der Waals surface area contributed by atoms with E-state index in [9.17, 15) is 35.1 Å². The van der Waals surface area contributed by atoms with E-state index in [0.717, 1.165) is 0 Å². The lowest BCUT2D eigenvalue weighted by molar-refractivity contribution is -0.276. The number of allylic oxidation sites excluding steroid dienone is 1. The van der Waals surface area contributed by atoms with Crippen LogP contribution in [0.4, 0.5) is 35.1 Å². The SMILES string of the molecule is FC(=COC(F)(F)C(F)F)C(F)(F)F.